The van der Waals surface area contributed by atoms with Gasteiger partial charge in [-0.25, -0.2) is 0 Å². The van der Waals surface area contributed by atoms with Crippen molar-refractivity contribution >= 4 is 23.3 Å². The maximum atomic E-state index is 9.59. The van der Waals surface area contributed by atoms with Gasteiger partial charge in [-0.2, -0.15) is 9.97 Å². The van der Waals surface area contributed by atoms with Crippen LogP contribution >= 0.6 is 0 Å². The first kappa shape index (κ1) is 22.7. The van der Waals surface area contributed by atoms with Crippen LogP contribution in [0.25, 0.3) is 0 Å². The Labute approximate surface area is 173 Å². The molecule has 160 valence electrons. The van der Waals surface area contributed by atoms with Crippen LogP contribution in [0.2, 0.25) is 0 Å². The molecule has 0 aliphatic rings. The lowest BCUT2D eigenvalue weighted by Gasteiger charge is -2.24. The number of anilines is 4. The van der Waals surface area contributed by atoms with Gasteiger partial charge < -0.3 is 30.1 Å². The molecule has 1 aromatic heterocycles. The first-order chi connectivity index (χ1) is 13.8. The second-order valence-corrected chi connectivity index (χ2v) is 7.38. The minimum absolute atomic E-state index is 0.371. The van der Waals surface area contributed by atoms with Crippen LogP contribution in [-0.4, -0.2) is 66.7 Å². The van der Waals surface area contributed by atoms with Crippen molar-refractivity contribution in [3.63, 3.8) is 0 Å². The number of hydrogen-bond acceptors (Lipinski definition) is 8. The zero-order valence-electron chi connectivity index (χ0n) is 18.0. The highest BCUT2D eigenvalue weighted by atomic mass is 16.5. The third-order valence-electron chi connectivity index (χ3n) is 4.59. The smallest absolute Gasteiger partial charge is 0.231 e. The summed E-state index contributed by atoms with van der Waals surface area (Å²) in [5.41, 5.74) is 0.854. The van der Waals surface area contributed by atoms with Crippen LogP contribution in [0.15, 0.2) is 30.3 Å². The molecule has 0 saturated carbocycles. The number of ether oxygens (including phenoxy) is 1. The van der Waals surface area contributed by atoms with Crippen LogP contribution in [0.5, 0.6) is 5.75 Å². The van der Waals surface area contributed by atoms with E-state index in [4.69, 9.17) is 4.74 Å². The van der Waals surface area contributed by atoms with E-state index in [0.717, 1.165) is 23.1 Å². The fourth-order valence-corrected chi connectivity index (χ4v) is 2.66. The number of methoxy groups -OCH3 is 1. The minimum atomic E-state index is -0.371. The molecule has 0 bridgehead atoms. The number of nitrogens with one attached hydrogen (secondary N) is 1. The molecule has 0 aliphatic carbocycles. The van der Waals surface area contributed by atoms with E-state index < -0.39 is 0 Å². The van der Waals surface area contributed by atoms with Crippen molar-refractivity contribution in [2.75, 3.05) is 49.4 Å². The number of aromatic nitrogens is 2. The number of hydrogen-bond donors (Lipinski definition) is 3. The summed E-state index contributed by atoms with van der Waals surface area (Å²) in [5, 5.41) is 22.4. The van der Waals surface area contributed by atoms with Crippen LogP contribution in [0, 0.1) is 0 Å². The SMILES string of the molecule is COc1ccc(Nc2nc(N(C)CC[C@H](C)O)cc(N(C)CC[C@H](C)O)n2)cc1. The predicted octanol–water partition coefficient (Wildman–Crippen LogP) is 2.64. The summed E-state index contributed by atoms with van der Waals surface area (Å²) >= 11 is 0. The van der Waals surface area contributed by atoms with Gasteiger partial charge in [-0.05, 0) is 51.0 Å². The highest BCUT2D eigenvalue weighted by molar-refractivity contribution is 5.60. The van der Waals surface area contributed by atoms with Crippen molar-refractivity contribution < 1.29 is 14.9 Å². The first-order valence-electron chi connectivity index (χ1n) is 9.87. The fraction of sp³-hybridized carbons (Fsp3) is 0.524. The van der Waals surface area contributed by atoms with E-state index in [1.807, 2.05) is 54.2 Å². The highest BCUT2D eigenvalue weighted by Gasteiger charge is 2.13. The highest BCUT2D eigenvalue weighted by Crippen LogP contribution is 2.24. The van der Waals surface area contributed by atoms with Gasteiger partial charge in [-0.3, -0.25) is 0 Å². The second-order valence-electron chi connectivity index (χ2n) is 7.38. The number of benzene rings is 1. The van der Waals surface area contributed by atoms with E-state index in [-0.39, 0.29) is 12.2 Å². The Balaban J connectivity index is 2.26. The molecule has 1 heterocycles. The monoisotopic (exact) mass is 403 g/mol. The van der Waals surface area contributed by atoms with Crippen LogP contribution in [-0.2, 0) is 0 Å². The summed E-state index contributed by atoms with van der Waals surface area (Å²) in [6, 6.07) is 9.47. The van der Waals surface area contributed by atoms with Crippen molar-refractivity contribution in [3.8, 4) is 5.75 Å². The summed E-state index contributed by atoms with van der Waals surface area (Å²) in [5.74, 6) is 2.78. The maximum absolute atomic E-state index is 9.59. The molecule has 8 heteroatoms. The van der Waals surface area contributed by atoms with E-state index in [1.165, 1.54) is 0 Å². The zero-order valence-corrected chi connectivity index (χ0v) is 18.0. The Morgan fingerprint density at radius 2 is 1.41 bits per heavy atom. The van der Waals surface area contributed by atoms with Crippen molar-refractivity contribution in [2.45, 2.75) is 38.9 Å². The molecule has 0 amide bonds. The van der Waals surface area contributed by atoms with Gasteiger partial charge in [0.25, 0.3) is 0 Å². The van der Waals surface area contributed by atoms with E-state index in [0.29, 0.717) is 31.9 Å². The molecule has 2 atom stereocenters. The molecule has 0 radical (unpaired) electrons. The number of rotatable bonds is 11. The average molecular weight is 404 g/mol. The minimum Gasteiger partial charge on any atom is -0.497 e. The summed E-state index contributed by atoms with van der Waals surface area (Å²) in [4.78, 5) is 13.3. The Bertz CT molecular complexity index is 716. The molecule has 0 unspecified atom stereocenters. The van der Waals surface area contributed by atoms with E-state index in [9.17, 15) is 10.2 Å². The molecule has 2 rings (SSSR count). The molecule has 1 aromatic carbocycles. The molecule has 3 N–H and O–H groups in total. The van der Waals surface area contributed by atoms with Gasteiger partial charge in [0.05, 0.1) is 19.3 Å². The summed E-state index contributed by atoms with van der Waals surface area (Å²) in [6.45, 7) is 4.90. The molecule has 0 aliphatic heterocycles. The number of aliphatic hydroxyl groups is 2. The van der Waals surface area contributed by atoms with Gasteiger partial charge >= 0.3 is 0 Å². The predicted molar refractivity (Wildman–Crippen MR) is 117 cm³/mol. The number of nitrogens with zero attached hydrogens (tertiary/aromatic N) is 4. The molecule has 29 heavy (non-hydrogen) atoms. The van der Waals surface area contributed by atoms with Gasteiger partial charge in [0.1, 0.15) is 17.4 Å². The molecule has 0 saturated heterocycles. The van der Waals surface area contributed by atoms with Gasteiger partial charge in [-0.1, -0.05) is 0 Å². The molecule has 0 fully saturated rings. The first-order valence-corrected chi connectivity index (χ1v) is 9.87. The largest absolute Gasteiger partial charge is 0.497 e. The average Bonchev–Trinajstić information content (AvgIpc) is 2.70. The second kappa shape index (κ2) is 10.8. The van der Waals surface area contributed by atoms with Gasteiger partial charge in [0.2, 0.25) is 5.95 Å². The molecule has 8 nitrogen and oxygen atoms in total. The van der Waals surface area contributed by atoms with Gasteiger partial charge in [0, 0.05) is 38.9 Å². The maximum Gasteiger partial charge on any atom is 0.231 e. The van der Waals surface area contributed by atoms with E-state index in [2.05, 4.69) is 15.3 Å². The van der Waals surface area contributed by atoms with Crippen LogP contribution in [0.1, 0.15) is 26.7 Å². The van der Waals surface area contributed by atoms with E-state index >= 15 is 0 Å². The Morgan fingerprint density at radius 1 is 0.931 bits per heavy atom. The molecule has 2 aromatic rings. The lowest BCUT2D eigenvalue weighted by atomic mass is 10.2. The third-order valence-corrected chi connectivity index (χ3v) is 4.59. The van der Waals surface area contributed by atoms with Gasteiger partial charge in [-0.15, -0.1) is 0 Å². The summed E-state index contributed by atoms with van der Waals surface area (Å²) < 4.78 is 5.20. The molecular formula is C21H33N5O3. The summed E-state index contributed by atoms with van der Waals surface area (Å²) in [6.07, 6.45) is 0.554. The van der Waals surface area contributed by atoms with E-state index in [1.54, 1.807) is 21.0 Å². The Kier molecular flexibility index (Phi) is 8.48. The Morgan fingerprint density at radius 3 is 1.83 bits per heavy atom. The normalized spacial score (nSPS) is 12.9. The van der Waals surface area contributed by atoms with Crippen LogP contribution < -0.4 is 19.9 Å². The fourth-order valence-electron chi connectivity index (χ4n) is 2.66. The van der Waals surface area contributed by atoms with Crippen molar-refractivity contribution in [2.24, 2.45) is 0 Å². The lowest BCUT2D eigenvalue weighted by molar-refractivity contribution is 0.186. The summed E-state index contributed by atoms with van der Waals surface area (Å²) in [7, 11) is 5.52. The number of aliphatic hydroxyl groups excluding tert-OH is 2. The van der Waals surface area contributed by atoms with Crippen molar-refractivity contribution in [1.29, 1.82) is 0 Å². The molecule has 0 spiro atoms. The van der Waals surface area contributed by atoms with Crippen molar-refractivity contribution in [1.82, 2.24) is 9.97 Å². The van der Waals surface area contributed by atoms with Crippen LogP contribution in [0.3, 0.4) is 0 Å². The third kappa shape index (κ3) is 7.40. The van der Waals surface area contributed by atoms with Crippen LogP contribution in [0.4, 0.5) is 23.3 Å². The lowest BCUT2D eigenvalue weighted by Crippen LogP contribution is -2.26. The Hall–Kier alpha value is -2.58. The molecular weight excluding hydrogens is 370 g/mol. The zero-order chi connectivity index (χ0) is 21.4. The topological polar surface area (TPSA) is 94.0 Å². The van der Waals surface area contributed by atoms with Gasteiger partial charge in [0.15, 0.2) is 0 Å². The van der Waals surface area contributed by atoms with Crippen molar-refractivity contribution in [3.05, 3.63) is 30.3 Å². The standard InChI is InChI=1S/C21H33N5O3/c1-15(27)10-12-25(3)19-14-20(26(4)13-11-16(2)28)24-21(23-19)22-17-6-8-18(29-5)9-7-17/h6-9,14-16,27-28H,10-13H2,1-5H3,(H,22,23,24)/t15-,16-/m0/s1. The quantitative estimate of drug-likeness (QED) is 0.527.